The SMILES string of the molecule is CC(NC=O)C(N)=O.CCN. The fourth-order valence-electron chi connectivity index (χ4n) is 0.184. The predicted molar refractivity (Wildman–Crippen MR) is 42.6 cm³/mol. The molecule has 0 spiro atoms. The number of nitrogens with two attached hydrogens (primary N) is 2. The Kier molecular flexibility index (Phi) is 10.2. The summed E-state index contributed by atoms with van der Waals surface area (Å²) < 4.78 is 0. The maximum Gasteiger partial charge on any atom is 0.239 e. The predicted octanol–water partition coefficient (Wildman–Crippen LogP) is -1.43. The number of nitrogens with one attached hydrogen (secondary N) is 1. The molecule has 66 valence electrons. The van der Waals surface area contributed by atoms with Gasteiger partial charge in [-0.25, -0.2) is 0 Å². The molecule has 0 bridgehead atoms. The van der Waals surface area contributed by atoms with Crippen LogP contribution >= 0.6 is 0 Å². The molecule has 0 radical (unpaired) electrons. The van der Waals surface area contributed by atoms with Crippen LogP contribution in [0, 0.1) is 0 Å². The summed E-state index contributed by atoms with van der Waals surface area (Å²) in [6, 6.07) is -0.563. The van der Waals surface area contributed by atoms with Crippen LogP contribution in [0.4, 0.5) is 0 Å². The van der Waals surface area contributed by atoms with Crippen LogP contribution in [0.3, 0.4) is 0 Å². The normalized spacial score (nSPS) is 10.5. The fraction of sp³-hybridized carbons (Fsp3) is 0.667. The summed E-state index contributed by atoms with van der Waals surface area (Å²) in [5.74, 6) is -0.530. The Hall–Kier alpha value is -1.10. The molecule has 1 unspecified atom stereocenters. The Balaban J connectivity index is 0. The zero-order valence-corrected chi connectivity index (χ0v) is 6.83. The minimum absolute atomic E-state index is 0.440. The molecule has 1 atom stereocenters. The van der Waals surface area contributed by atoms with Crippen molar-refractivity contribution in [2.45, 2.75) is 19.9 Å². The van der Waals surface area contributed by atoms with Crippen molar-refractivity contribution >= 4 is 12.3 Å². The van der Waals surface area contributed by atoms with Gasteiger partial charge in [0.2, 0.25) is 12.3 Å². The first kappa shape index (κ1) is 12.6. The van der Waals surface area contributed by atoms with Gasteiger partial charge in [-0.2, -0.15) is 0 Å². The lowest BCUT2D eigenvalue weighted by Gasteiger charge is -2.01. The molecular weight excluding hydrogens is 146 g/mol. The molecule has 0 heterocycles. The number of hydrogen-bond acceptors (Lipinski definition) is 3. The molecule has 0 aliphatic rings. The number of hydrogen-bond donors (Lipinski definition) is 3. The van der Waals surface area contributed by atoms with E-state index in [1.54, 1.807) is 0 Å². The highest BCUT2D eigenvalue weighted by Gasteiger charge is 2.03. The Morgan fingerprint density at radius 1 is 1.73 bits per heavy atom. The van der Waals surface area contributed by atoms with E-state index < -0.39 is 11.9 Å². The van der Waals surface area contributed by atoms with Crippen LogP contribution in [-0.4, -0.2) is 24.9 Å². The highest BCUT2D eigenvalue weighted by molar-refractivity contribution is 5.81. The molecule has 5 nitrogen and oxygen atoms in total. The van der Waals surface area contributed by atoms with E-state index in [9.17, 15) is 9.59 Å². The van der Waals surface area contributed by atoms with Gasteiger partial charge < -0.3 is 16.8 Å². The van der Waals surface area contributed by atoms with Gasteiger partial charge in [-0.1, -0.05) is 6.92 Å². The molecule has 0 aliphatic heterocycles. The first-order chi connectivity index (χ1) is 5.09. The van der Waals surface area contributed by atoms with Gasteiger partial charge >= 0.3 is 0 Å². The summed E-state index contributed by atoms with van der Waals surface area (Å²) >= 11 is 0. The zero-order chi connectivity index (χ0) is 9.28. The Bertz CT molecular complexity index is 116. The van der Waals surface area contributed by atoms with Crippen LogP contribution < -0.4 is 16.8 Å². The smallest absolute Gasteiger partial charge is 0.239 e. The van der Waals surface area contributed by atoms with E-state index in [0.29, 0.717) is 6.41 Å². The van der Waals surface area contributed by atoms with Gasteiger partial charge in [-0.3, -0.25) is 9.59 Å². The Morgan fingerprint density at radius 2 is 2.09 bits per heavy atom. The second-order valence-corrected chi connectivity index (χ2v) is 1.82. The van der Waals surface area contributed by atoms with E-state index in [0.717, 1.165) is 6.54 Å². The lowest BCUT2D eigenvalue weighted by molar-refractivity contribution is -0.122. The minimum atomic E-state index is -0.563. The fourth-order valence-corrected chi connectivity index (χ4v) is 0.184. The van der Waals surface area contributed by atoms with Crippen LogP contribution in [0.25, 0.3) is 0 Å². The van der Waals surface area contributed by atoms with Gasteiger partial charge in [0.1, 0.15) is 6.04 Å². The molecule has 0 aromatic heterocycles. The number of amides is 2. The first-order valence-electron chi connectivity index (χ1n) is 3.29. The van der Waals surface area contributed by atoms with E-state index in [4.69, 9.17) is 11.5 Å². The second kappa shape index (κ2) is 8.90. The monoisotopic (exact) mass is 161 g/mol. The lowest BCUT2D eigenvalue weighted by Crippen LogP contribution is -2.37. The summed E-state index contributed by atoms with van der Waals surface area (Å²) in [5, 5.41) is 2.19. The number of primary amides is 1. The molecule has 0 saturated heterocycles. The number of carbonyl (C=O) groups is 2. The minimum Gasteiger partial charge on any atom is -0.368 e. The largest absolute Gasteiger partial charge is 0.368 e. The molecule has 5 N–H and O–H groups in total. The zero-order valence-electron chi connectivity index (χ0n) is 6.83. The van der Waals surface area contributed by atoms with Crippen molar-refractivity contribution in [1.82, 2.24) is 5.32 Å². The summed E-state index contributed by atoms with van der Waals surface area (Å²) in [5.41, 5.74) is 9.61. The van der Waals surface area contributed by atoms with Crippen molar-refractivity contribution in [3.63, 3.8) is 0 Å². The summed E-state index contributed by atoms with van der Waals surface area (Å²) in [4.78, 5) is 19.7. The first-order valence-corrected chi connectivity index (χ1v) is 3.29. The number of carbonyl (C=O) groups excluding carboxylic acids is 2. The second-order valence-electron chi connectivity index (χ2n) is 1.82. The number of rotatable bonds is 3. The molecule has 0 aliphatic carbocycles. The molecule has 0 rings (SSSR count). The van der Waals surface area contributed by atoms with Gasteiger partial charge in [0.15, 0.2) is 0 Å². The lowest BCUT2D eigenvalue weighted by atomic mass is 10.3. The van der Waals surface area contributed by atoms with Crippen LogP contribution in [-0.2, 0) is 9.59 Å². The van der Waals surface area contributed by atoms with Crippen LogP contribution in [0.15, 0.2) is 0 Å². The van der Waals surface area contributed by atoms with E-state index in [-0.39, 0.29) is 0 Å². The van der Waals surface area contributed by atoms with Gasteiger partial charge in [-0.05, 0) is 13.5 Å². The van der Waals surface area contributed by atoms with Gasteiger partial charge in [0.25, 0.3) is 0 Å². The van der Waals surface area contributed by atoms with Crippen LogP contribution in [0.1, 0.15) is 13.8 Å². The third-order valence-electron chi connectivity index (χ3n) is 0.745. The Morgan fingerprint density at radius 3 is 2.18 bits per heavy atom. The van der Waals surface area contributed by atoms with Crippen molar-refractivity contribution in [3.05, 3.63) is 0 Å². The molecule has 0 aromatic carbocycles. The van der Waals surface area contributed by atoms with Crippen molar-refractivity contribution in [3.8, 4) is 0 Å². The molecule has 0 fully saturated rings. The van der Waals surface area contributed by atoms with Crippen molar-refractivity contribution in [2.24, 2.45) is 11.5 Å². The molecule has 11 heavy (non-hydrogen) atoms. The summed E-state index contributed by atoms with van der Waals surface area (Å²) in [6.07, 6.45) is 0.440. The van der Waals surface area contributed by atoms with Crippen LogP contribution in [0.2, 0.25) is 0 Å². The molecule has 2 amide bonds. The summed E-state index contributed by atoms with van der Waals surface area (Å²) in [6.45, 7) is 4.16. The Labute approximate surface area is 66.1 Å². The van der Waals surface area contributed by atoms with Crippen LogP contribution in [0.5, 0.6) is 0 Å². The quantitative estimate of drug-likeness (QED) is 0.442. The third kappa shape index (κ3) is 12.2. The van der Waals surface area contributed by atoms with E-state index >= 15 is 0 Å². The molecule has 5 heteroatoms. The van der Waals surface area contributed by atoms with Crippen molar-refractivity contribution in [2.75, 3.05) is 6.54 Å². The molecular formula is C6H15N3O2. The molecule has 0 aromatic rings. The maximum absolute atomic E-state index is 10.1. The van der Waals surface area contributed by atoms with E-state index in [2.05, 4.69) is 5.32 Å². The van der Waals surface area contributed by atoms with Gasteiger partial charge in [-0.15, -0.1) is 0 Å². The average Bonchev–Trinajstić information content (AvgIpc) is 1.90. The van der Waals surface area contributed by atoms with Crippen molar-refractivity contribution in [1.29, 1.82) is 0 Å². The average molecular weight is 161 g/mol. The topological polar surface area (TPSA) is 98.2 Å². The van der Waals surface area contributed by atoms with Crippen molar-refractivity contribution < 1.29 is 9.59 Å². The standard InChI is InChI=1S/C4H8N2O2.C2H7N/c1-3(4(5)8)6-2-7;1-2-3/h2-3H,1H3,(H2,5,8)(H,6,7);2-3H2,1H3. The highest BCUT2D eigenvalue weighted by atomic mass is 16.2. The summed E-state index contributed by atoms with van der Waals surface area (Å²) in [7, 11) is 0. The van der Waals surface area contributed by atoms with E-state index in [1.165, 1.54) is 6.92 Å². The third-order valence-corrected chi connectivity index (χ3v) is 0.745. The van der Waals surface area contributed by atoms with Gasteiger partial charge in [0, 0.05) is 0 Å². The maximum atomic E-state index is 10.1. The highest BCUT2D eigenvalue weighted by Crippen LogP contribution is 1.72. The molecule has 0 saturated carbocycles. The van der Waals surface area contributed by atoms with E-state index in [1.807, 2.05) is 6.92 Å². The van der Waals surface area contributed by atoms with Gasteiger partial charge in [0.05, 0.1) is 0 Å².